The lowest BCUT2D eigenvalue weighted by molar-refractivity contribution is -0.0353. The molecule has 0 unspecified atom stereocenters. The van der Waals surface area contributed by atoms with E-state index in [1.807, 2.05) is 6.07 Å². The molecule has 21 heavy (non-hydrogen) atoms. The number of aryl methyl sites for hydroxylation is 1. The van der Waals surface area contributed by atoms with Crippen LogP contribution in [0.15, 0.2) is 21.1 Å². The van der Waals surface area contributed by atoms with Crippen LogP contribution in [0.4, 0.5) is 0 Å². The number of carbonyl (C=O) groups is 1. The van der Waals surface area contributed by atoms with Gasteiger partial charge in [0.15, 0.2) is 5.78 Å². The Morgan fingerprint density at radius 3 is 2.05 bits per heavy atom. The zero-order chi connectivity index (χ0) is 14.8. The summed E-state index contributed by atoms with van der Waals surface area (Å²) in [5.41, 5.74) is 2.00. The first kappa shape index (κ1) is 14.4. The highest BCUT2D eigenvalue weighted by Gasteiger charge is 2.54. The predicted octanol–water partition coefficient (Wildman–Crippen LogP) is 5.92. The smallest absolute Gasteiger partial charge is 0.170 e. The maximum absolute atomic E-state index is 13.3. The van der Waals surface area contributed by atoms with Gasteiger partial charge in [-0.2, -0.15) is 0 Å². The highest BCUT2D eigenvalue weighted by Crippen LogP contribution is 2.61. The van der Waals surface area contributed by atoms with Gasteiger partial charge in [-0.05, 0) is 80.9 Å². The van der Waals surface area contributed by atoms with Crippen molar-refractivity contribution in [1.82, 2.24) is 0 Å². The molecule has 4 aliphatic rings. The van der Waals surface area contributed by atoms with Gasteiger partial charge in [-0.25, -0.2) is 0 Å². The molecule has 1 aromatic carbocycles. The Kier molecular flexibility index (Phi) is 3.39. The molecule has 0 N–H and O–H groups in total. The zero-order valence-corrected chi connectivity index (χ0v) is 15.5. The van der Waals surface area contributed by atoms with E-state index in [1.165, 1.54) is 24.8 Å². The molecule has 4 fully saturated rings. The van der Waals surface area contributed by atoms with Gasteiger partial charge < -0.3 is 0 Å². The van der Waals surface area contributed by atoms with E-state index < -0.39 is 0 Å². The molecule has 1 nitrogen and oxygen atoms in total. The maximum atomic E-state index is 13.3. The van der Waals surface area contributed by atoms with Gasteiger partial charge in [-0.1, -0.05) is 31.9 Å². The van der Waals surface area contributed by atoms with Crippen molar-refractivity contribution in [2.24, 2.45) is 23.2 Å². The Labute approximate surface area is 143 Å². The Bertz CT molecular complexity index is 585. The van der Waals surface area contributed by atoms with Crippen molar-refractivity contribution in [3.63, 3.8) is 0 Å². The lowest BCUT2D eigenvalue weighted by atomic mass is 9.48. The third-order valence-corrected chi connectivity index (χ3v) is 7.52. The van der Waals surface area contributed by atoms with Gasteiger partial charge in [-0.3, -0.25) is 4.79 Å². The minimum absolute atomic E-state index is 0.0496. The minimum atomic E-state index is -0.0496. The summed E-state index contributed by atoms with van der Waals surface area (Å²) in [5.74, 6) is 2.84. The number of ketones is 1. The third kappa shape index (κ3) is 2.26. The van der Waals surface area contributed by atoms with Gasteiger partial charge in [0.1, 0.15) is 0 Å². The molecule has 0 aromatic heterocycles. The number of benzene rings is 1. The van der Waals surface area contributed by atoms with Crippen LogP contribution in [0.2, 0.25) is 0 Å². The third-order valence-electron chi connectivity index (χ3n) is 6.01. The van der Waals surface area contributed by atoms with Crippen LogP contribution in [0.5, 0.6) is 0 Å². The Hall–Kier alpha value is -0.150. The van der Waals surface area contributed by atoms with Crippen molar-refractivity contribution in [1.29, 1.82) is 0 Å². The second-order valence-corrected chi connectivity index (χ2v) is 9.32. The standard InChI is InChI=1S/C18H20Br2O/c1-10-2-16(20)14(6-15(10)19)17(21)18-7-11-3-12(8-18)5-13(4-11)9-18/h2,6,11-13H,3-5,7-9H2,1H3. The second-order valence-electron chi connectivity index (χ2n) is 7.61. The fraction of sp³-hybridized carbons (Fsp3) is 0.611. The fourth-order valence-electron chi connectivity index (χ4n) is 5.49. The van der Waals surface area contributed by atoms with Crippen LogP contribution in [0.25, 0.3) is 0 Å². The normalized spacial score (nSPS) is 37.0. The fourth-order valence-corrected chi connectivity index (χ4v) is 6.48. The average molecular weight is 412 g/mol. The summed E-state index contributed by atoms with van der Waals surface area (Å²) in [6.45, 7) is 2.06. The molecule has 1 aromatic rings. The van der Waals surface area contributed by atoms with Crippen LogP contribution in [-0.4, -0.2) is 5.78 Å². The molecule has 3 heteroatoms. The second kappa shape index (κ2) is 4.92. The van der Waals surface area contributed by atoms with Crippen LogP contribution in [0.3, 0.4) is 0 Å². The van der Waals surface area contributed by atoms with Gasteiger partial charge in [0.25, 0.3) is 0 Å². The van der Waals surface area contributed by atoms with Crippen LogP contribution in [-0.2, 0) is 0 Å². The topological polar surface area (TPSA) is 17.1 Å². The van der Waals surface area contributed by atoms with E-state index in [0.717, 1.165) is 51.5 Å². The molecule has 4 bridgehead atoms. The average Bonchev–Trinajstić information content (AvgIpc) is 2.40. The van der Waals surface area contributed by atoms with E-state index in [4.69, 9.17) is 0 Å². The number of hydrogen-bond acceptors (Lipinski definition) is 1. The molecule has 4 aliphatic carbocycles. The number of halogens is 2. The SMILES string of the molecule is Cc1cc(Br)c(C(=O)C23CC4CC(CC(C4)C2)C3)cc1Br. The molecule has 0 amide bonds. The zero-order valence-electron chi connectivity index (χ0n) is 12.3. The van der Waals surface area contributed by atoms with E-state index in [9.17, 15) is 4.79 Å². The number of hydrogen-bond donors (Lipinski definition) is 0. The molecule has 0 saturated heterocycles. The van der Waals surface area contributed by atoms with E-state index in [2.05, 4.69) is 44.8 Å². The largest absolute Gasteiger partial charge is 0.294 e. The Balaban J connectivity index is 1.73. The maximum Gasteiger partial charge on any atom is 0.170 e. The molecule has 0 heterocycles. The molecule has 0 atom stereocenters. The van der Waals surface area contributed by atoms with Crippen molar-refractivity contribution in [3.05, 3.63) is 32.2 Å². The molecule has 0 aliphatic heterocycles. The molecular weight excluding hydrogens is 392 g/mol. The van der Waals surface area contributed by atoms with Crippen LogP contribution >= 0.6 is 31.9 Å². The number of carbonyl (C=O) groups excluding carboxylic acids is 1. The van der Waals surface area contributed by atoms with Gasteiger partial charge in [0.05, 0.1) is 0 Å². The molecule has 112 valence electrons. The van der Waals surface area contributed by atoms with Crippen LogP contribution in [0, 0.1) is 30.1 Å². The summed E-state index contributed by atoms with van der Waals surface area (Å²) >= 11 is 7.21. The molecule has 5 rings (SSSR count). The highest BCUT2D eigenvalue weighted by atomic mass is 79.9. The van der Waals surface area contributed by atoms with Crippen LogP contribution in [0.1, 0.15) is 54.4 Å². The summed E-state index contributed by atoms with van der Waals surface area (Å²) in [6.07, 6.45) is 7.54. The Morgan fingerprint density at radius 1 is 1.00 bits per heavy atom. The van der Waals surface area contributed by atoms with Gasteiger partial charge in [0.2, 0.25) is 0 Å². The molecule has 0 radical (unpaired) electrons. The van der Waals surface area contributed by atoms with E-state index in [-0.39, 0.29) is 5.41 Å². The monoisotopic (exact) mass is 410 g/mol. The predicted molar refractivity (Wildman–Crippen MR) is 91.5 cm³/mol. The summed E-state index contributed by atoms with van der Waals surface area (Å²) in [4.78, 5) is 13.3. The van der Waals surface area contributed by atoms with E-state index >= 15 is 0 Å². The summed E-state index contributed by atoms with van der Waals surface area (Å²) < 4.78 is 2.00. The molecular formula is C18H20Br2O. The first-order valence-electron chi connectivity index (χ1n) is 7.97. The van der Waals surface area contributed by atoms with Gasteiger partial charge >= 0.3 is 0 Å². The first-order valence-corrected chi connectivity index (χ1v) is 9.56. The lowest BCUT2D eigenvalue weighted by Crippen LogP contribution is -2.50. The van der Waals surface area contributed by atoms with Crippen LogP contribution < -0.4 is 0 Å². The quantitative estimate of drug-likeness (QED) is 0.552. The van der Waals surface area contributed by atoms with Crippen molar-refractivity contribution in [3.8, 4) is 0 Å². The summed E-state index contributed by atoms with van der Waals surface area (Å²) in [5, 5.41) is 0. The number of rotatable bonds is 2. The molecule has 0 spiro atoms. The lowest BCUT2D eigenvalue weighted by Gasteiger charge is -2.56. The van der Waals surface area contributed by atoms with Crippen molar-refractivity contribution >= 4 is 37.6 Å². The summed E-state index contributed by atoms with van der Waals surface area (Å²) in [6, 6.07) is 4.10. The highest BCUT2D eigenvalue weighted by molar-refractivity contribution is 9.11. The summed E-state index contributed by atoms with van der Waals surface area (Å²) in [7, 11) is 0. The van der Waals surface area contributed by atoms with Crippen molar-refractivity contribution < 1.29 is 4.79 Å². The first-order chi connectivity index (χ1) is 9.97. The van der Waals surface area contributed by atoms with Crippen molar-refractivity contribution in [2.75, 3.05) is 0 Å². The van der Waals surface area contributed by atoms with Crippen molar-refractivity contribution in [2.45, 2.75) is 45.4 Å². The molecule has 4 saturated carbocycles. The number of Topliss-reactive ketones (excluding diaryl/α,β-unsaturated/α-hetero) is 1. The minimum Gasteiger partial charge on any atom is -0.294 e. The van der Waals surface area contributed by atoms with Gasteiger partial charge in [-0.15, -0.1) is 0 Å². The van der Waals surface area contributed by atoms with E-state index in [1.54, 1.807) is 0 Å². The Morgan fingerprint density at radius 2 is 1.52 bits per heavy atom. The van der Waals surface area contributed by atoms with Gasteiger partial charge in [0, 0.05) is 19.9 Å². The van der Waals surface area contributed by atoms with E-state index in [0.29, 0.717) is 5.78 Å².